The lowest BCUT2D eigenvalue weighted by molar-refractivity contribution is -0.384. The van der Waals surface area contributed by atoms with Crippen LogP contribution in [0.15, 0.2) is 24.4 Å². The third-order valence-corrected chi connectivity index (χ3v) is 2.01. The number of nitrogens with two attached hydrogens (primary N) is 1. The fourth-order valence-electron chi connectivity index (χ4n) is 1.30. The Hall–Kier alpha value is -2.44. The minimum Gasteiger partial charge on any atom is -0.384 e. The highest BCUT2D eigenvalue weighted by atomic mass is 16.6. The highest BCUT2D eigenvalue weighted by Gasteiger charge is 2.17. The van der Waals surface area contributed by atoms with Gasteiger partial charge in [-0.3, -0.25) is 10.1 Å². The Balaban J connectivity index is 2.62. The van der Waals surface area contributed by atoms with E-state index in [0.29, 0.717) is 0 Å². The van der Waals surface area contributed by atoms with Gasteiger partial charge in [0.15, 0.2) is 0 Å². The van der Waals surface area contributed by atoms with Gasteiger partial charge in [-0.1, -0.05) is 0 Å². The number of anilines is 1. The molecule has 0 unspecified atom stereocenters. The molecule has 2 rings (SSSR count). The zero-order valence-electron chi connectivity index (χ0n) is 8.49. The van der Waals surface area contributed by atoms with Gasteiger partial charge in [-0.05, 0) is 19.1 Å². The van der Waals surface area contributed by atoms with E-state index >= 15 is 0 Å². The summed E-state index contributed by atoms with van der Waals surface area (Å²) in [5.41, 5.74) is 6.12. The van der Waals surface area contributed by atoms with Crippen LogP contribution < -0.4 is 5.73 Å². The fourth-order valence-corrected chi connectivity index (χ4v) is 1.30. The number of aromatic nitrogens is 3. The number of nitrogen functional groups attached to an aromatic ring is 1. The topological polar surface area (TPSA) is 99.9 Å². The second-order valence-corrected chi connectivity index (χ2v) is 3.24. The highest BCUT2D eigenvalue weighted by Crippen LogP contribution is 2.21. The number of hydrogen-bond acceptors (Lipinski definition) is 5. The molecule has 0 bridgehead atoms. The van der Waals surface area contributed by atoms with Crippen molar-refractivity contribution in [1.82, 2.24) is 14.8 Å². The maximum atomic E-state index is 10.8. The molecule has 0 saturated heterocycles. The van der Waals surface area contributed by atoms with Crippen LogP contribution in [0.5, 0.6) is 0 Å². The van der Waals surface area contributed by atoms with Crippen LogP contribution in [-0.4, -0.2) is 19.7 Å². The SMILES string of the molecule is Cc1ccn(-c2nc(N)ccc2[N+](=O)[O-])n1. The molecule has 0 radical (unpaired) electrons. The molecule has 0 saturated carbocycles. The fraction of sp³-hybridized carbons (Fsp3) is 0.111. The van der Waals surface area contributed by atoms with Crippen LogP contribution in [0.3, 0.4) is 0 Å². The summed E-state index contributed by atoms with van der Waals surface area (Å²) in [7, 11) is 0. The van der Waals surface area contributed by atoms with Gasteiger partial charge in [0, 0.05) is 12.3 Å². The summed E-state index contributed by atoms with van der Waals surface area (Å²) >= 11 is 0. The van der Waals surface area contributed by atoms with E-state index in [2.05, 4.69) is 10.1 Å². The lowest BCUT2D eigenvalue weighted by Gasteiger charge is -2.02. The van der Waals surface area contributed by atoms with Crippen LogP contribution in [-0.2, 0) is 0 Å². The molecule has 2 N–H and O–H groups in total. The third kappa shape index (κ3) is 1.70. The van der Waals surface area contributed by atoms with E-state index in [9.17, 15) is 10.1 Å². The van der Waals surface area contributed by atoms with Crippen LogP contribution in [0.25, 0.3) is 5.82 Å². The van der Waals surface area contributed by atoms with Crippen LogP contribution >= 0.6 is 0 Å². The minimum absolute atomic E-state index is 0.123. The number of nitrogens with zero attached hydrogens (tertiary/aromatic N) is 4. The predicted octanol–water partition coefficient (Wildman–Crippen LogP) is 1.07. The first kappa shape index (κ1) is 10.1. The molecule has 16 heavy (non-hydrogen) atoms. The van der Waals surface area contributed by atoms with Gasteiger partial charge in [-0.2, -0.15) is 5.10 Å². The molecule has 0 atom stereocenters. The Bertz CT molecular complexity index is 549. The Morgan fingerprint density at radius 1 is 1.44 bits per heavy atom. The van der Waals surface area contributed by atoms with Crippen molar-refractivity contribution in [2.45, 2.75) is 6.92 Å². The lowest BCUT2D eigenvalue weighted by Crippen LogP contribution is -2.05. The van der Waals surface area contributed by atoms with Crippen molar-refractivity contribution < 1.29 is 4.92 Å². The zero-order chi connectivity index (χ0) is 11.7. The van der Waals surface area contributed by atoms with Gasteiger partial charge in [0.05, 0.1) is 10.6 Å². The smallest absolute Gasteiger partial charge is 0.313 e. The second kappa shape index (κ2) is 3.61. The van der Waals surface area contributed by atoms with Gasteiger partial charge < -0.3 is 5.73 Å². The van der Waals surface area contributed by atoms with Crippen molar-refractivity contribution >= 4 is 11.5 Å². The van der Waals surface area contributed by atoms with Gasteiger partial charge >= 0.3 is 5.69 Å². The number of aryl methyl sites for hydroxylation is 1. The Morgan fingerprint density at radius 2 is 2.19 bits per heavy atom. The normalized spacial score (nSPS) is 10.3. The van der Waals surface area contributed by atoms with E-state index in [0.717, 1.165) is 5.69 Å². The lowest BCUT2D eigenvalue weighted by atomic mass is 10.4. The first-order valence-corrected chi connectivity index (χ1v) is 4.51. The quantitative estimate of drug-likeness (QED) is 0.601. The van der Waals surface area contributed by atoms with Crippen LogP contribution in [0.4, 0.5) is 11.5 Å². The van der Waals surface area contributed by atoms with E-state index in [1.54, 1.807) is 19.2 Å². The van der Waals surface area contributed by atoms with Crippen molar-refractivity contribution in [1.29, 1.82) is 0 Å². The maximum Gasteiger partial charge on any atom is 0.313 e. The zero-order valence-corrected chi connectivity index (χ0v) is 8.49. The van der Waals surface area contributed by atoms with Crippen molar-refractivity contribution in [3.63, 3.8) is 0 Å². The highest BCUT2D eigenvalue weighted by molar-refractivity contribution is 5.51. The summed E-state index contributed by atoms with van der Waals surface area (Å²) < 4.78 is 1.34. The molecular formula is C9H9N5O2. The van der Waals surface area contributed by atoms with Gasteiger partial charge in [-0.15, -0.1) is 0 Å². The molecule has 2 aromatic heterocycles. The van der Waals surface area contributed by atoms with Gasteiger partial charge in [0.2, 0.25) is 5.82 Å². The summed E-state index contributed by atoms with van der Waals surface area (Å²) in [4.78, 5) is 14.2. The maximum absolute atomic E-state index is 10.8. The molecule has 0 aliphatic heterocycles. The van der Waals surface area contributed by atoms with Crippen molar-refractivity contribution in [3.8, 4) is 5.82 Å². The van der Waals surface area contributed by atoms with E-state index in [4.69, 9.17) is 5.73 Å². The number of pyridine rings is 1. The van der Waals surface area contributed by atoms with Crippen LogP contribution in [0.2, 0.25) is 0 Å². The first-order valence-electron chi connectivity index (χ1n) is 4.51. The Kier molecular flexibility index (Phi) is 2.28. The predicted molar refractivity (Wildman–Crippen MR) is 57.2 cm³/mol. The molecule has 0 spiro atoms. The van der Waals surface area contributed by atoms with Gasteiger partial charge in [0.25, 0.3) is 0 Å². The molecule has 2 heterocycles. The van der Waals surface area contributed by atoms with Crippen molar-refractivity contribution in [2.24, 2.45) is 0 Å². The molecule has 0 fully saturated rings. The summed E-state index contributed by atoms with van der Waals surface area (Å²) in [5.74, 6) is 0.340. The number of nitro groups is 1. The van der Waals surface area contributed by atoms with E-state index in [-0.39, 0.29) is 17.3 Å². The average Bonchev–Trinajstić information content (AvgIpc) is 2.64. The molecule has 7 nitrogen and oxygen atoms in total. The monoisotopic (exact) mass is 219 g/mol. The number of hydrogen-bond donors (Lipinski definition) is 1. The Morgan fingerprint density at radius 3 is 2.75 bits per heavy atom. The van der Waals surface area contributed by atoms with E-state index in [1.807, 2.05) is 0 Å². The van der Waals surface area contributed by atoms with Crippen LogP contribution in [0.1, 0.15) is 5.69 Å². The standard InChI is InChI=1S/C9H9N5O2/c1-6-4-5-13(12-6)9-7(14(15)16)2-3-8(10)11-9/h2-5H,1H3,(H2,10,11). The largest absolute Gasteiger partial charge is 0.384 e. The summed E-state index contributed by atoms with van der Waals surface area (Å²) in [6.45, 7) is 1.79. The minimum atomic E-state index is -0.515. The second-order valence-electron chi connectivity index (χ2n) is 3.24. The van der Waals surface area contributed by atoms with Crippen LogP contribution in [0, 0.1) is 17.0 Å². The average molecular weight is 219 g/mol. The van der Waals surface area contributed by atoms with E-state index < -0.39 is 4.92 Å². The van der Waals surface area contributed by atoms with Gasteiger partial charge in [-0.25, -0.2) is 9.67 Å². The van der Waals surface area contributed by atoms with Crippen molar-refractivity contribution in [2.75, 3.05) is 5.73 Å². The molecular weight excluding hydrogens is 210 g/mol. The summed E-state index contributed by atoms with van der Waals surface area (Å²) in [5, 5.41) is 14.9. The molecule has 0 aromatic carbocycles. The third-order valence-electron chi connectivity index (χ3n) is 2.01. The molecule has 82 valence electrons. The molecule has 0 aliphatic carbocycles. The molecule has 0 aliphatic rings. The van der Waals surface area contributed by atoms with Gasteiger partial charge in [0.1, 0.15) is 5.82 Å². The first-order chi connectivity index (χ1) is 7.58. The molecule has 2 aromatic rings. The summed E-state index contributed by atoms with van der Waals surface area (Å²) in [6.07, 6.45) is 1.60. The Labute approximate surface area is 90.7 Å². The number of rotatable bonds is 2. The summed E-state index contributed by atoms with van der Waals surface area (Å²) in [6, 6.07) is 4.43. The van der Waals surface area contributed by atoms with E-state index in [1.165, 1.54) is 16.8 Å². The molecule has 0 amide bonds. The molecule has 7 heteroatoms. The van der Waals surface area contributed by atoms with Crippen molar-refractivity contribution in [3.05, 3.63) is 40.2 Å².